The zero-order valence-corrected chi connectivity index (χ0v) is 9.12. The van der Waals surface area contributed by atoms with Crippen LogP contribution < -0.4 is 0 Å². The fourth-order valence-corrected chi connectivity index (χ4v) is 1.33. The first-order valence-electron chi connectivity index (χ1n) is 5.07. The molecule has 1 unspecified atom stereocenters. The molecule has 84 valence electrons. The molecule has 0 aromatic carbocycles. The molecule has 4 nitrogen and oxygen atoms in total. The van der Waals surface area contributed by atoms with Crippen LogP contribution in [0.5, 0.6) is 0 Å². The molecule has 0 radical (unpaired) electrons. The Morgan fingerprint density at radius 2 is 1.93 bits per heavy atom. The first kappa shape index (κ1) is 11.8. The van der Waals surface area contributed by atoms with Crippen molar-refractivity contribution in [2.75, 3.05) is 13.2 Å². The normalized spacial score (nSPS) is 18.0. The smallest absolute Gasteiger partial charge is 0.302 e. The molecule has 0 aliphatic heterocycles. The molecule has 0 saturated heterocycles. The van der Waals surface area contributed by atoms with Crippen molar-refractivity contribution in [2.45, 2.75) is 26.7 Å². The summed E-state index contributed by atoms with van der Waals surface area (Å²) < 4.78 is 9.67. The Bertz CT molecular complexity index is 280. The largest absolute Gasteiger partial charge is 0.466 e. The van der Waals surface area contributed by atoms with Crippen molar-refractivity contribution in [1.29, 1.82) is 0 Å². The van der Waals surface area contributed by atoms with Gasteiger partial charge in [-0.25, -0.2) is 0 Å². The maximum absolute atomic E-state index is 10.5. The van der Waals surface area contributed by atoms with E-state index in [0.717, 1.165) is 12.8 Å². The van der Waals surface area contributed by atoms with Gasteiger partial charge in [0.15, 0.2) is 0 Å². The predicted octanol–water partition coefficient (Wildman–Crippen LogP) is 1.45. The Hall–Kier alpha value is -1.32. The highest BCUT2D eigenvalue weighted by molar-refractivity contribution is 5.66. The van der Waals surface area contributed by atoms with E-state index in [1.807, 2.05) is 0 Å². The van der Waals surface area contributed by atoms with Crippen molar-refractivity contribution in [3.8, 4) is 0 Å². The van der Waals surface area contributed by atoms with Gasteiger partial charge in [-0.3, -0.25) is 9.59 Å². The summed E-state index contributed by atoms with van der Waals surface area (Å²) in [5.74, 6) is -0.156. The average Bonchev–Trinajstić information content (AvgIpc) is 2.88. The van der Waals surface area contributed by atoms with Gasteiger partial charge >= 0.3 is 11.9 Å². The predicted molar refractivity (Wildman–Crippen MR) is 54.1 cm³/mol. The summed E-state index contributed by atoms with van der Waals surface area (Å²) in [6, 6.07) is 0. The van der Waals surface area contributed by atoms with Crippen molar-refractivity contribution >= 4 is 11.9 Å². The molecule has 1 atom stereocenters. The topological polar surface area (TPSA) is 52.6 Å². The van der Waals surface area contributed by atoms with E-state index in [0.29, 0.717) is 19.1 Å². The van der Waals surface area contributed by atoms with Crippen molar-refractivity contribution < 1.29 is 19.1 Å². The SMILES string of the molecule is CC(=O)OCCCC1=CC1COC(C)=O. The molecule has 0 aromatic heterocycles. The highest BCUT2D eigenvalue weighted by Gasteiger charge is 2.24. The number of hydrogen-bond acceptors (Lipinski definition) is 4. The summed E-state index contributed by atoms with van der Waals surface area (Å²) in [5, 5.41) is 0. The third-order valence-electron chi connectivity index (χ3n) is 2.16. The van der Waals surface area contributed by atoms with E-state index in [1.54, 1.807) is 0 Å². The highest BCUT2D eigenvalue weighted by Crippen LogP contribution is 2.32. The first-order chi connectivity index (χ1) is 7.09. The van der Waals surface area contributed by atoms with Crippen molar-refractivity contribution in [2.24, 2.45) is 5.92 Å². The minimum Gasteiger partial charge on any atom is -0.466 e. The quantitative estimate of drug-likeness (QED) is 0.380. The molecule has 0 N–H and O–H groups in total. The third-order valence-corrected chi connectivity index (χ3v) is 2.16. The lowest BCUT2D eigenvalue weighted by Gasteiger charge is -2.02. The molecule has 0 spiro atoms. The van der Waals surface area contributed by atoms with Gasteiger partial charge in [0.2, 0.25) is 0 Å². The molecule has 0 heterocycles. The van der Waals surface area contributed by atoms with Gasteiger partial charge in [0.05, 0.1) is 6.61 Å². The Labute approximate surface area is 89.2 Å². The van der Waals surface area contributed by atoms with Gasteiger partial charge in [-0.1, -0.05) is 11.6 Å². The van der Waals surface area contributed by atoms with Gasteiger partial charge in [-0.05, 0) is 12.8 Å². The van der Waals surface area contributed by atoms with Crippen LogP contribution in [-0.4, -0.2) is 25.2 Å². The fourth-order valence-electron chi connectivity index (χ4n) is 1.33. The standard InChI is InChI=1S/C11H16O4/c1-8(12)14-5-3-4-10-6-11(10)7-15-9(2)13/h6,11H,3-5,7H2,1-2H3. The fraction of sp³-hybridized carbons (Fsp3) is 0.636. The molecule has 0 aromatic rings. The molecular formula is C11H16O4. The second kappa shape index (κ2) is 5.53. The lowest BCUT2D eigenvalue weighted by Crippen LogP contribution is -2.04. The molecule has 1 rings (SSSR count). The lowest BCUT2D eigenvalue weighted by atomic mass is 10.2. The van der Waals surface area contributed by atoms with E-state index in [4.69, 9.17) is 9.47 Å². The number of hydrogen-bond donors (Lipinski definition) is 0. The maximum Gasteiger partial charge on any atom is 0.302 e. The number of ether oxygens (including phenoxy) is 2. The Kier molecular flexibility index (Phi) is 4.34. The van der Waals surface area contributed by atoms with Crippen molar-refractivity contribution in [3.05, 3.63) is 11.6 Å². The van der Waals surface area contributed by atoms with Gasteiger partial charge in [-0.2, -0.15) is 0 Å². The lowest BCUT2D eigenvalue weighted by molar-refractivity contribution is -0.142. The van der Waals surface area contributed by atoms with Crippen LogP contribution in [0.4, 0.5) is 0 Å². The van der Waals surface area contributed by atoms with E-state index >= 15 is 0 Å². The van der Waals surface area contributed by atoms with Crippen LogP contribution >= 0.6 is 0 Å². The second-order valence-electron chi connectivity index (χ2n) is 3.59. The minimum absolute atomic E-state index is 0.240. The van der Waals surface area contributed by atoms with Crippen LogP contribution in [0.1, 0.15) is 26.7 Å². The van der Waals surface area contributed by atoms with E-state index in [-0.39, 0.29) is 11.9 Å². The van der Waals surface area contributed by atoms with Gasteiger partial charge in [0.1, 0.15) is 6.61 Å². The van der Waals surface area contributed by atoms with E-state index in [9.17, 15) is 9.59 Å². The molecule has 0 fully saturated rings. The summed E-state index contributed by atoms with van der Waals surface area (Å²) >= 11 is 0. The molecular weight excluding hydrogens is 196 g/mol. The zero-order chi connectivity index (χ0) is 11.3. The van der Waals surface area contributed by atoms with Gasteiger partial charge in [-0.15, -0.1) is 0 Å². The zero-order valence-electron chi connectivity index (χ0n) is 9.12. The summed E-state index contributed by atoms with van der Waals surface area (Å²) in [7, 11) is 0. The number of carbonyl (C=O) groups excluding carboxylic acids is 2. The average molecular weight is 212 g/mol. The number of esters is 2. The minimum atomic E-state index is -0.241. The Morgan fingerprint density at radius 3 is 2.53 bits per heavy atom. The van der Waals surface area contributed by atoms with Crippen LogP contribution in [0, 0.1) is 5.92 Å². The monoisotopic (exact) mass is 212 g/mol. The molecule has 4 heteroatoms. The summed E-state index contributed by atoms with van der Waals surface area (Å²) in [6.45, 7) is 3.73. The second-order valence-corrected chi connectivity index (χ2v) is 3.59. The van der Waals surface area contributed by atoms with Crippen LogP contribution in [0.2, 0.25) is 0 Å². The maximum atomic E-state index is 10.5. The van der Waals surface area contributed by atoms with Gasteiger partial charge in [0.25, 0.3) is 0 Å². The molecule has 0 bridgehead atoms. The van der Waals surface area contributed by atoms with E-state index in [2.05, 4.69) is 6.08 Å². The summed E-state index contributed by atoms with van der Waals surface area (Å²) in [6.07, 6.45) is 3.83. The van der Waals surface area contributed by atoms with Crippen LogP contribution in [0.15, 0.2) is 11.6 Å². The van der Waals surface area contributed by atoms with Gasteiger partial charge in [0, 0.05) is 19.8 Å². The molecule has 1 aliphatic rings. The Morgan fingerprint density at radius 1 is 1.27 bits per heavy atom. The van der Waals surface area contributed by atoms with Crippen molar-refractivity contribution in [3.63, 3.8) is 0 Å². The van der Waals surface area contributed by atoms with E-state index in [1.165, 1.54) is 19.4 Å². The summed E-state index contributed by atoms with van der Waals surface area (Å²) in [5.41, 5.74) is 1.29. The molecule has 0 amide bonds. The molecule has 0 saturated carbocycles. The van der Waals surface area contributed by atoms with Crippen LogP contribution in [0.3, 0.4) is 0 Å². The van der Waals surface area contributed by atoms with Crippen molar-refractivity contribution in [1.82, 2.24) is 0 Å². The Balaban J connectivity index is 1.95. The van der Waals surface area contributed by atoms with E-state index < -0.39 is 0 Å². The number of rotatable bonds is 6. The van der Waals surface area contributed by atoms with Gasteiger partial charge < -0.3 is 9.47 Å². The van der Waals surface area contributed by atoms with Crippen LogP contribution in [0.25, 0.3) is 0 Å². The summed E-state index contributed by atoms with van der Waals surface area (Å²) in [4.78, 5) is 21.0. The third kappa shape index (κ3) is 5.20. The molecule has 15 heavy (non-hydrogen) atoms. The molecule has 1 aliphatic carbocycles. The van der Waals surface area contributed by atoms with Crippen LogP contribution in [-0.2, 0) is 19.1 Å². The highest BCUT2D eigenvalue weighted by atomic mass is 16.5. The first-order valence-corrected chi connectivity index (χ1v) is 5.07. The number of carbonyl (C=O) groups is 2.